The van der Waals surface area contributed by atoms with E-state index in [4.69, 9.17) is 5.73 Å². The fourth-order valence-electron chi connectivity index (χ4n) is 1.18. The van der Waals surface area contributed by atoms with E-state index in [0.29, 0.717) is 0 Å². The fourth-order valence-corrected chi connectivity index (χ4v) is 1.72. The molecule has 0 spiro atoms. The van der Waals surface area contributed by atoms with E-state index in [1.54, 1.807) is 0 Å². The average molecular weight is 332 g/mol. The molecular formula is C12H17IN2O. The summed E-state index contributed by atoms with van der Waals surface area (Å²) in [6.07, 6.45) is 0. The van der Waals surface area contributed by atoms with Crippen molar-refractivity contribution in [2.75, 3.05) is 5.32 Å². The van der Waals surface area contributed by atoms with Crippen molar-refractivity contribution in [2.45, 2.75) is 26.8 Å². The molecule has 16 heavy (non-hydrogen) atoms. The third-order valence-corrected chi connectivity index (χ3v) is 2.98. The van der Waals surface area contributed by atoms with Crippen LogP contribution < -0.4 is 11.1 Å². The van der Waals surface area contributed by atoms with Gasteiger partial charge in [0.2, 0.25) is 5.91 Å². The van der Waals surface area contributed by atoms with Crippen LogP contribution in [-0.4, -0.2) is 11.9 Å². The summed E-state index contributed by atoms with van der Waals surface area (Å²) in [5.41, 5.74) is 6.42. The van der Waals surface area contributed by atoms with E-state index in [-0.39, 0.29) is 11.3 Å². The first kappa shape index (κ1) is 13.4. The summed E-state index contributed by atoms with van der Waals surface area (Å²) in [4.78, 5) is 11.8. The number of anilines is 1. The minimum absolute atomic E-state index is 0.144. The van der Waals surface area contributed by atoms with Crippen molar-refractivity contribution in [3.05, 3.63) is 27.8 Å². The van der Waals surface area contributed by atoms with Crippen LogP contribution in [0.5, 0.6) is 0 Å². The highest BCUT2D eigenvalue weighted by atomic mass is 127. The zero-order chi connectivity index (χ0) is 12.3. The second-order valence-corrected chi connectivity index (χ2v) is 6.09. The van der Waals surface area contributed by atoms with Gasteiger partial charge < -0.3 is 11.1 Å². The van der Waals surface area contributed by atoms with E-state index in [2.05, 4.69) is 27.9 Å². The molecule has 0 aliphatic rings. The zero-order valence-corrected chi connectivity index (χ0v) is 11.9. The second-order valence-electron chi connectivity index (χ2n) is 4.84. The lowest BCUT2D eigenvalue weighted by Gasteiger charge is -2.25. The molecule has 0 aliphatic carbocycles. The SMILES string of the molecule is CC(C)(C)[C@@H](N)C(=O)Nc1cccc(I)c1. The second kappa shape index (κ2) is 5.14. The van der Waals surface area contributed by atoms with E-state index >= 15 is 0 Å². The number of carbonyl (C=O) groups excluding carboxylic acids is 1. The first-order valence-corrected chi connectivity index (χ1v) is 6.20. The van der Waals surface area contributed by atoms with Crippen molar-refractivity contribution >= 4 is 34.2 Å². The number of benzene rings is 1. The normalized spacial score (nSPS) is 13.3. The van der Waals surface area contributed by atoms with Crippen LogP contribution >= 0.6 is 22.6 Å². The molecule has 1 aromatic rings. The van der Waals surface area contributed by atoms with Crippen molar-refractivity contribution in [3.8, 4) is 0 Å². The van der Waals surface area contributed by atoms with Crippen LogP contribution in [0.15, 0.2) is 24.3 Å². The number of nitrogens with one attached hydrogen (secondary N) is 1. The van der Waals surface area contributed by atoms with E-state index in [0.717, 1.165) is 9.26 Å². The van der Waals surface area contributed by atoms with Crippen LogP contribution in [0, 0.1) is 8.99 Å². The van der Waals surface area contributed by atoms with Crippen LogP contribution in [0.2, 0.25) is 0 Å². The molecule has 0 saturated carbocycles. The maximum atomic E-state index is 11.8. The minimum Gasteiger partial charge on any atom is -0.325 e. The standard InChI is InChI=1S/C12H17IN2O/c1-12(2,3)10(14)11(16)15-9-6-4-5-8(13)7-9/h4-7,10H,14H2,1-3H3,(H,15,16)/t10-/m0/s1. The Balaban J connectivity index is 2.72. The largest absolute Gasteiger partial charge is 0.325 e. The summed E-state index contributed by atoms with van der Waals surface area (Å²) < 4.78 is 1.08. The Kier molecular flexibility index (Phi) is 4.32. The van der Waals surface area contributed by atoms with Gasteiger partial charge in [0.25, 0.3) is 0 Å². The Morgan fingerprint density at radius 1 is 1.44 bits per heavy atom. The molecule has 0 saturated heterocycles. The Labute approximate surface area is 110 Å². The number of halogens is 1. The third-order valence-electron chi connectivity index (χ3n) is 2.31. The molecule has 1 aromatic carbocycles. The molecule has 0 heterocycles. The zero-order valence-electron chi connectivity index (χ0n) is 9.75. The molecule has 0 unspecified atom stereocenters. The lowest BCUT2D eigenvalue weighted by molar-refractivity contribution is -0.119. The van der Waals surface area contributed by atoms with Gasteiger partial charge in [-0.15, -0.1) is 0 Å². The van der Waals surface area contributed by atoms with Crippen molar-refractivity contribution in [2.24, 2.45) is 11.1 Å². The summed E-state index contributed by atoms with van der Waals surface area (Å²) >= 11 is 2.20. The first-order valence-electron chi connectivity index (χ1n) is 5.13. The summed E-state index contributed by atoms with van der Waals surface area (Å²) in [6.45, 7) is 5.85. The summed E-state index contributed by atoms with van der Waals surface area (Å²) in [5.74, 6) is -0.144. The van der Waals surface area contributed by atoms with E-state index in [1.807, 2.05) is 45.0 Å². The fraction of sp³-hybridized carbons (Fsp3) is 0.417. The molecule has 0 radical (unpaired) electrons. The Bertz CT molecular complexity index is 385. The molecule has 0 aliphatic heterocycles. The Hall–Kier alpha value is -0.620. The molecule has 3 N–H and O–H groups in total. The number of amides is 1. The molecule has 0 bridgehead atoms. The van der Waals surface area contributed by atoms with Crippen molar-refractivity contribution in [3.63, 3.8) is 0 Å². The molecule has 1 amide bonds. The van der Waals surface area contributed by atoms with E-state index in [9.17, 15) is 4.79 Å². The molecule has 88 valence electrons. The van der Waals surface area contributed by atoms with E-state index in [1.165, 1.54) is 0 Å². The van der Waals surface area contributed by atoms with Gasteiger partial charge in [-0.2, -0.15) is 0 Å². The molecule has 1 rings (SSSR count). The van der Waals surface area contributed by atoms with Gasteiger partial charge in [-0.25, -0.2) is 0 Å². The van der Waals surface area contributed by atoms with Crippen LogP contribution in [0.1, 0.15) is 20.8 Å². The van der Waals surface area contributed by atoms with Gasteiger partial charge in [0.05, 0.1) is 6.04 Å². The molecule has 0 aromatic heterocycles. The smallest absolute Gasteiger partial charge is 0.241 e. The van der Waals surface area contributed by atoms with Crippen LogP contribution in [-0.2, 0) is 4.79 Å². The van der Waals surface area contributed by atoms with Gasteiger partial charge in [0.1, 0.15) is 0 Å². The average Bonchev–Trinajstić information content (AvgIpc) is 2.15. The third kappa shape index (κ3) is 3.75. The van der Waals surface area contributed by atoms with Crippen LogP contribution in [0.3, 0.4) is 0 Å². The quantitative estimate of drug-likeness (QED) is 0.818. The topological polar surface area (TPSA) is 55.1 Å². The predicted molar refractivity (Wildman–Crippen MR) is 75.2 cm³/mol. The molecule has 4 heteroatoms. The maximum absolute atomic E-state index is 11.8. The summed E-state index contributed by atoms with van der Waals surface area (Å²) in [6, 6.07) is 7.13. The first-order chi connectivity index (χ1) is 7.30. The van der Waals surface area contributed by atoms with Gasteiger partial charge in [0, 0.05) is 9.26 Å². The van der Waals surface area contributed by atoms with Crippen LogP contribution in [0.4, 0.5) is 5.69 Å². The minimum atomic E-state index is -0.509. The number of rotatable bonds is 2. The Morgan fingerprint density at radius 3 is 2.56 bits per heavy atom. The molecule has 3 nitrogen and oxygen atoms in total. The predicted octanol–water partition coefficient (Wildman–Crippen LogP) is 2.60. The van der Waals surface area contributed by atoms with Crippen LogP contribution in [0.25, 0.3) is 0 Å². The monoisotopic (exact) mass is 332 g/mol. The molecule has 1 atom stereocenters. The number of hydrogen-bond acceptors (Lipinski definition) is 2. The van der Waals surface area contributed by atoms with Crippen molar-refractivity contribution in [1.82, 2.24) is 0 Å². The van der Waals surface area contributed by atoms with Gasteiger partial charge >= 0.3 is 0 Å². The number of hydrogen-bond donors (Lipinski definition) is 2. The van der Waals surface area contributed by atoms with E-state index < -0.39 is 6.04 Å². The molecule has 0 fully saturated rings. The van der Waals surface area contributed by atoms with Crippen molar-refractivity contribution in [1.29, 1.82) is 0 Å². The number of carbonyl (C=O) groups is 1. The lowest BCUT2D eigenvalue weighted by Crippen LogP contribution is -2.45. The van der Waals surface area contributed by atoms with Gasteiger partial charge in [-0.05, 0) is 46.2 Å². The Morgan fingerprint density at radius 2 is 2.06 bits per heavy atom. The van der Waals surface area contributed by atoms with Gasteiger partial charge in [-0.3, -0.25) is 4.79 Å². The summed E-state index contributed by atoms with van der Waals surface area (Å²) in [7, 11) is 0. The highest BCUT2D eigenvalue weighted by Crippen LogP contribution is 2.19. The number of nitrogens with two attached hydrogens (primary N) is 1. The van der Waals surface area contributed by atoms with Crippen molar-refractivity contribution < 1.29 is 4.79 Å². The van der Waals surface area contributed by atoms with Gasteiger partial charge in [0.15, 0.2) is 0 Å². The highest BCUT2D eigenvalue weighted by molar-refractivity contribution is 14.1. The maximum Gasteiger partial charge on any atom is 0.241 e. The molecular weight excluding hydrogens is 315 g/mol. The van der Waals surface area contributed by atoms with Gasteiger partial charge in [-0.1, -0.05) is 26.8 Å². The highest BCUT2D eigenvalue weighted by Gasteiger charge is 2.27. The summed E-state index contributed by atoms with van der Waals surface area (Å²) in [5, 5.41) is 2.82. The lowest BCUT2D eigenvalue weighted by atomic mass is 9.87.